The van der Waals surface area contributed by atoms with Gasteiger partial charge in [0.1, 0.15) is 18.2 Å². The number of rotatable bonds is 6. The van der Waals surface area contributed by atoms with E-state index in [9.17, 15) is 18.4 Å². The number of nitrogens with zero attached hydrogens (tertiary/aromatic N) is 2. The zero-order chi connectivity index (χ0) is 23.5. The van der Waals surface area contributed by atoms with E-state index in [1.165, 1.54) is 17.8 Å². The first kappa shape index (κ1) is 23.3. The van der Waals surface area contributed by atoms with Crippen molar-refractivity contribution in [2.75, 3.05) is 24.2 Å². The minimum atomic E-state index is -0.824. The monoisotopic (exact) mass is 473 g/mol. The van der Waals surface area contributed by atoms with Crippen molar-refractivity contribution in [3.8, 4) is 0 Å². The molecule has 1 aliphatic rings. The van der Waals surface area contributed by atoms with Crippen LogP contribution >= 0.6 is 11.8 Å². The van der Waals surface area contributed by atoms with Gasteiger partial charge in [0.2, 0.25) is 11.8 Å². The van der Waals surface area contributed by atoms with E-state index in [-0.39, 0.29) is 36.1 Å². The summed E-state index contributed by atoms with van der Waals surface area (Å²) in [5.41, 5.74) is 0.830. The molecule has 3 aromatic rings. The van der Waals surface area contributed by atoms with E-state index >= 15 is 0 Å². The Balaban J connectivity index is 1.45. The fourth-order valence-corrected chi connectivity index (χ4v) is 4.90. The van der Waals surface area contributed by atoms with E-state index < -0.39 is 17.5 Å². The second-order valence-corrected chi connectivity index (χ2v) is 9.17. The van der Waals surface area contributed by atoms with Crippen LogP contribution in [0, 0.1) is 11.6 Å². The zero-order valence-electron chi connectivity index (χ0n) is 18.4. The highest BCUT2D eigenvalue weighted by Crippen LogP contribution is 2.30. The summed E-state index contributed by atoms with van der Waals surface area (Å²) < 4.78 is 34.5. The fourth-order valence-electron chi connectivity index (χ4n) is 4.01. The van der Waals surface area contributed by atoms with E-state index in [1.54, 1.807) is 0 Å². The predicted octanol–water partition coefficient (Wildman–Crippen LogP) is 4.29. The molecule has 1 N–H and O–H groups in total. The number of morpholine rings is 1. The van der Waals surface area contributed by atoms with Crippen molar-refractivity contribution in [3.05, 3.63) is 60.3 Å². The number of hydrogen-bond donors (Lipinski definition) is 1. The van der Waals surface area contributed by atoms with Crippen molar-refractivity contribution >= 4 is 40.2 Å². The molecule has 2 atom stereocenters. The van der Waals surface area contributed by atoms with Gasteiger partial charge in [-0.05, 0) is 32.0 Å². The summed E-state index contributed by atoms with van der Waals surface area (Å²) in [4.78, 5) is 28.0. The maximum Gasteiger partial charge on any atom is 0.242 e. The quantitative estimate of drug-likeness (QED) is 0.543. The van der Waals surface area contributed by atoms with Crippen LogP contribution < -0.4 is 5.32 Å². The van der Waals surface area contributed by atoms with Gasteiger partial charge in [0.25, 0.3) is 0 Å². The molecule has 1 aliphatic heterocycles. The Labute approximate surface area is 194 Å². The topological polar surface area (TPSA) is 63.6 Å². The Kier molecular flexibility index (Phi) is 6.99. The molecule has 0 unspecified atom stereocenters. The highest BCUT2D eigenvalue weighted by atomic mass is 32.2. The molecule has 33 heavy (non-hydrogen) atoms. The number of nitrogens with one attached hydrogen (secondary N) is 1. The molecule has 9 heteroatoms. The summed E-state index contributed by atoms with van der Waals surface area (Å²) in [6, 6.07) is 10.7. The van der Waals surface area contributed by atoms with E-state index in [0.717, 1.165) is 27.9 Å². The number of benzene rings is 2. The maximum absolute atomic E-state index is 13.8. The number of ether oxygens (including phenoxy) is 1. The summed E-state index contributed by atoms with van der Waals surface area (Å²) in [5.74, 6) is -1.89. The molecule has 0 bridgehead atoms. The first-order valence-corrected chi connectivity index (χ1v) is 11.7. The van der Waals surface area contributed by atoms with Gasteiger partial charge >= 0.3 is 0 Å². The SMILES string of the molecule is C[C@@H]1CN(C(=O)Cn2cc(SCC(=O)Nc3ccc(F)cc3F)c3ccccc32)C[C@H](C)O1. The summed E-state index contributed by atoms with van der Waals surface area (Å²) in [5, 5.41) is 3.40. The van der Waals surface area contributed by atoms with Gasteiger partial charge in [0, 0.05) is 41.2 Å². The maximum atomic E-state index is 13.8. The molecule has 6 nitrogen and oxygen atoms in total. The van der Waals surface area contributed by atoms with Crippen LogP contribution in [0.25, 0.3) is 10.9 Å². The molecule has 1 aromatic heterocycles. The van der Waals surface area contributed by atoms with Crippen molar-refractivity contribution in [1.29, 1.82) is 0 Å². The van der Waals surface area contributed by atoms with Crippen LogP contribution in [0.5, 0.6) is 0 Å². The van der Waals surface area contributed by atoms with Crippen molar-refractivity contribution in [3.63, 3.8) is 0 Å². The summed E-state index contributed by atoms with van der Waals surface area (Å²) in [7, 11) is 0. The summed E-state index contributed by atoms with van der Waals surface area (Å²) in [6.07, 6.45) is 1.86. The lowest BCUT2D eigenvalue weighted by molar-refractivity contribution is -0.143. The molecule has 2 aromatic carbocycles. The number of anilines is 1. The molecule has 0 radical (unpaired) electrons. The molecule has 2 heterocycles. The Hall–Kier alpha value is -2.91. The zero-order valence-corrected chi connectivity index (χ0v) is 19.2. The Bertz CT molecular complexity index is 1170. The number of hydrogen-bond acceptors (Lipinski definition) is 4. The number of carbonyl (C=O) groups excluding carboxylic acids is 2. The van der Waals surface area contributed by atoms with Gasteiger partial charge in [-0.2, -0.15) is 0 Å². The molecule has 174 valence electrons. The molecule has 2 amide bonds. The predicted molar refractivity (Wildman–Crippen MR) is 124 cm³/mol. The molecule has 1 saturated heterocycles. The third-order valence-corrected chi connectivity index (χ3v) is 6.44. The number of halogens is 2. The average molecular weight is 474 g/mol. The van der Waals surface area contributed by atoms with Crippen molar-refractivity contribution in [1.82, 2.24) is 9.47 Å². The molecular weight excluding hydrogens is 448 g/mol. The van der Waals surface area contributed by atoms with E-state index in [0.29, 0.717) is 13.1 Å². The molecule has 0 saturated carbocycles. The molecule has 1 fully saturated rings. The van der Waals surface area contributed by atoms with Gasteiger partial charge in [-0.15, -0.1) is 11.8 Å². The van der Waals surface area contributed by atoms with Crippen LogP contribution in [-0.4, -0.2) is 52.3 Å². The first-order chi connectivity index (χ1) is 15.8. The van der Waals surface area contributed by atoms with Gasteiger partial charge in [0.05, 0.1) is 23.6 Å². The molecule has 0 spiro atoms. The van der Waals surface area contributed by atoms with Gasteiger partial charge in [-0.1, -0.05) is 18.2 Å². The van der Waals surface area contributed by atoms with Crippen molar-refractivity contribution in [2.45, 2.75) is 37.5 Å². The number of aromatic nitrogens is 1. The van der Waals surface area contributed by atoms with Gasteiger partial charge in [-0.3, -0.25) is 9.59 Å². The number of fused-ring (bicyclic) bond motifs is 1. The van der Waals surface area contributed by atoms with Crippen LogP contribution in [0.4, 0.5) is 14.5 Å². The Morgan fingerprint density at radius 2 is 1.85 bits per heavy atom. The molecule has 4 rings (SSSR count). The molecule has 0 aliphatic carbocycles. The lowest BCUT2D eigenvalue weighted by Gasteiger charge is -2.35. The van der Waals surface area contributed by atoms with Gasteiger partial charge in [0.15, 0.2) is 0 Å². The highest BCUT2D eigenvalue weighted by Gasteiger charge is 2.26. The number of para-hydroxylation sites is 1. The van der Waals surface area contributed by atoms with Crippen LogP contribution in [0.3, 0.4) is 0 Å². The number of carbonyl (C=O) groups is 2. The van der Waals surface area contributed by atoms with Crippen LogP contribution in [0.15, 0.2) is 53.6 Å². The lowest BCUT2D eigenvalue weighted by Crippen LogP contribution is -2.49. The summed E-state index contributed by atoms with van der Waals surface area (Å²) in [6.45, 7) is 5.22. The number of amides is 2. The smallest absolute Gasteiger partial charge is 0.242 e. The highest BCUT2D eigenvalue weighted by molar-refractivity contribution is 8.00. The van der Waals surface area contributed by atoms with E-state index in [1.807, 2.05) is 53.8 Å². The normalized spacial score (nSPS) is 18.5. The van der Waals surface area contributed by atoms with Crippen molar-refractivity contribution in [2.24, 2.45) is 0 Å². The summed E-state index contributed by atoms with van der Waals surface area (Å²) >= 11 is 1.30. The van der Waals surface area contributed by atoms with Crippen molar-refractivity contribution < 1.29 is 23.1 Å². The standard InChI is InChI=1S/C24H25F2N3O3S/c1-15-10-29(11-16(2)32-15)24(31)13-28-12-22(18-5-3-4-6-21(18)28)33-14-23(30)27-20-8-7-17(25)9-19(20)26/h3-9,12,15-16H,10-11,13-14H2,1-2H3,(H,27,30)/t15-,16+. The third-order valence-electron chi connectivity index (χ3n) is 5.39. The molecular formula is C24H25F2N3O3S. The van der Waals surface area contributed by atoms with Crippen LogP contribution in [0.2, 0.25) is 0 Å². The largest absolute Gasteiger partial charge is 0.372 e. The van der Waals surface area contributed by atoms with E-state index in [2.05, 4.69) is 5.32 Å². The van der Waals surface area contributed by atoms with E-state index in [4.69, 9.17) is 4.74 Å². The second kappa shape index (κ2) is 9.93. The first-order valence-electron chi connectivity index (χ1n) is 10.7. The van der Waals surface area contributed by atoms with Gasteiger partial charge < -0.3 is 19.5 Å². The minimum absolute atomic E-state index is 0.00493. The fraction of sp³-hybridized carbons (Fsp3) is 0.333. The lowest BCUT2D eigenvalue weighted by atomic mass is 10.2. The minimum Gasteiger partial charge on any atom is -0.372 e. The third kappa shape index (κ3) is 5.54. The Morgan fingerprint density at radius 3 is 2.58 bits per heavy atom. The number of thioether (sulfide) groups is 1. The second-order valence-electron chi connectivity index (χ2n) is 8.16. The van der Waals surface area contributed by atoms with Crippen LogP contribution in [-0.2, 0) is 20.9 Å². The Morgan fingerprint density at radius 1 is 1.12 bits per heavy atom. The average Bonchev–Trinajstić information content (AvgIpc) is 3.11. The van der Waals surface area contributed by atoms with Gasteiger partial charge in [-0.25, -0.2) is 8.78 Å². The van der Waals surface area contributed by atoms with Crippen LogP contribution in [0.1, 0.15) is 13.8 Å².